The number of nitrogens with one attached hydrogen (secondary N) is 1. The lowest BCUT2D eigenvalue weighted by molar-refractivity contribution is -0.117. The molecule has 0 saturated heterocycles. The van der Waals surface area contributed by atoms with Crippen LogP contribution < -0.4 is 5.32 Å². The number of rotatable bonds is 5. The number of benzene rings is 1. The Morgan fingerprint density at radius 2 is 1.67 bits per heavy atom. The Balaban J connectivity index is 2.76. The van der Waals surface area contributed by atoms with E-state index in [2.05, 4.69) is 5.32 Å². The second-order valence-electron chi connectivity index (χ2n) is 3.84. The van der Waals surface area contributed by atoms with Gasteiger partial charge < -0.3 is 25.0 Å². The zero-order chi connectivity index (χ0) is 13.7. The van der Waals surface area contributed by atoms with E-state index in [4.69, 9.17) is 9.47 Å². The van der Waals surface area contributed by atoms with Crippen LogP contribution in [0.25, 0.3) is 0 Å². The van der Waals surface area contributed by atoms with Gasteiger partial charge in [-0.15, -0.1) is 0 Å². The minimum absolute atomic E-state index is 0.158. The Morgan fingerprint density at radius 1 is 1.17 bits per heavy atom. The molecule has 1 unspecified atom stereocenters. The van der Waals surface area contributed by atoms with Gasteiger partial charge in [0.15, 0.2) is 6.29 Å². The largest absolute Gasteiger partial charge is 0.508 e. The van der Waals surface area contributed by atoms with Crippen molar-refractivity contribution in [3.8, 4) is 11.5 Å². The van der Waals surface area contributed by atoms with Gasteiger partial charge in [0, 0.05) is 25.8 Å². The van der Waals surface area contributed by atoms with Crippen LogP contribution in [0, 0.1) is 0 Å². The minimum atomic E-state index is -0.570. The fourth-order valence-corrected chi connectivity index (χ4v) is 1.59. The third-order valence-corrected chi connectivity index (χ3v) is 2.40. The number of carbonyl (C=O) groups excluding carboxylic acids is 1. The van der Waals surface area contributed by atoms with E-state index in [0.717, 1.165) is 6.07 Å². The van der Waals surface area contributed by atoms with E-state index < -0.39 is 12.2 Å². The van der Waals surface area contributed by atoms with Crippen LogP contribution in [0.4, 0.5) is 0 Å². The van der Waals surface area contributed by atoms with Crippen LogP contribution in [0.15, 0.2) is 18.2 Å². The molecule has 100 valence electrons. The molecule has 0 fully saturated rings. The molecule has 6 nitrogen and oxygen atoms in total. The number of methoxy groups -OCH3 is 2. The number of amides is 1. The summed E-state index contributed by atoms with van der Waals surface area (Å²) in [5, 5.41) is 21.2. The summed E-state index contributed by atoms with van der Waals surface area (Å²) in [7, 11) is 2.94. The van der Waals surface area contributed by atoms with Gasteiger partial charge in [-0.25, -0.2) is 0 Å². The lowest BCUT2D eigenvalue weighted by Crippen LogP contribution is -2.42. The van der Waals surface area contributed by atoms with E-state index in [1.165, 1.54) is 26.4 Å². The van der Waals surface area contributed by atoms with Gasteiger partial charge >= 0.3 is 0 Å². The Bertz CT molecular complexity index is 397. The van der Waals surface area contributed by atoms with Crippen LogP contribution in [0.3, 0.4) is 0 Å². The fourth-order valence-electron chi connectivity index (χ4n) is 1.59. The average Bonchev–Trinajstić information content (AvgIpc) is 2.29. The van der Waals surface area contributed by atoms with Crippen molar-refractivity contribution in [2.24, 2.45) is 0 Å². The summed E-state index contributed by atoms with van der Waals surface area (Å²) in [5.41, 5.74) is 0.158. The van der Waals surface area contributed by atoms with Gasteiger partial charge in [-0.2, -0.15) is 0 Å². The van der Waals surface area contributed by atoms with Crippen molar-refractivity contribution in [2.45, 2.75) is 19.3 Å². The second-order valence-corrected chi connectivity index (χ2v) is 3.84. The summed E-state index contributed by atoms with van der Waals surface area (Å²) in [6, 6.07) is 3.29. The molecule has 0 radical (unpaired) electrons. The molecular formula is C12H17NO5. The zero-order valence-electron chi connectivity index (χ0n) is 10.5. The molecule has 0 heterocycles. The number of aromatic hydroxyl groups is 2. The number of phenols is 2. The van der Waals surface area contributed by atoms with E-state index in [-0.39, 0.29) is 23.1 Å². The molecular weight excluding hydrogens is 238 g/mol. The van der Waals surface area contributed by atoms with Gasteiger partial charge in [0.05, 0.1) is 6.04 Å². The second kappa shape index (κ2) is 6.23. The standard InChI is InChI=1S/C12H17NO5/c1-7(12(17-2)18-3)13-11(16)8-4-9(14)6-10(15)5-8/h4-7,12,14-15H,1-3H3,(H,13,16). The van der Waals surface area contributed by atoms with Crippen LogP contribution >= 0.6 is 0 Å². The minimum Gasteiger partial charge on any atom is -0.508 e. The molecule has 1 aromatic rings. The molecule has 18 heavy (non-hydrogen) atoms. The Kier molecular flexibility index (Phi) is 4.94. The molecule has 1 atom stereocenters. The summed E-state index contributed by atoms with van der Waals surface area (Å²) >= 11 is 0. The molecule has 1 amide bonds. The number of hydrogen-bond acceptors (Lipinski definition) is 5. The first kappa shape index (κ1) is 14.3. The highest BCUT2D eigenvalue weighted by atomic mass is 16.7. The average molecular weight is 255 g/mol. The maximum atomic E-state index is 11.9. The van der Waals surface area contributed by atoms with Crippen molar-refractivity contribution < 1.29 is 24.5 Å². The normalized spacial score (nSPS) is 12.4. The Labute approximate surface area is 105 Å². The highest BCUT2D eigenvalue weighted by Gasteiger charge is 2.19. The summed E-state index contributed by atoms with van der Waals surface area (Å²) in [5.74, 6) is -0.793. The third kappa shape index (κ3) is 3.61. The first-order valence-electron chi connectivity index (χ1n) is 5.37. The van der Waals surface area contributed by atoms with E-state index in [9.17, 15) is 15.0 Å². The maximum Gasteiger partial charge on any atom is 0.251 e. The molecule has 0 aliphatic carbocycles. The van der Waals surface area contributed by atoms with E-state index >= 15 is 0 Å². The van der Waals surface area contributed by atoms with Crippen molar-refractivity contribution in [1.82, 2.24) is 5.32 Å². The Morgan fingerprint density at radius 3 is 2.11 bits per heavy atom. The lowest BCUT2D eigenvalue weighted by atomic mass is 10.1. The molecule has 0 spiro atoms. The van der Waals surface area contributed by atoms with Crippen LogP contribution in [0.2, 0.25) is 0 Å². The monoisotopic (exact) mass is 255 g/mol. The molecule has 1 aromatic carbocycles. The van der Waals surface area contributed by atoms with Crippen molar-refractivity contribution in [3.63, 3.8) is 0 Å². The molecule has 6 heteroatoms. The van der Waals surface area contributed by atoms with Crippen molar-refractivity contribution in [3.05, 3.63) is 23.8 Å². The molecule has 0 aliphatic heterocycles. The summed E-state index contributed by atoms with van der Waals surface area (Å²) in [4.78, 5) is 11.9. The highest BCUT2D eigenvalue weighted by Crippen LogP contribution is 2.20. The predicted molar refractivity (Wildman–Crippen MR) is 64.5 cm³/mol. The fraction of sp³-hybridized carbons (Fsp3) is 0.417. The van der Waals surface area contributed by atoms with Crippen LogP contribution in [0.1, 0.15) is 17.3 Å². The summed E-state index contributed by atoms with van der Waals surface area (Å²) in [6.07, 6.45) is -0.570. The van der Waals surface area contributed by atoms with E-state index in [1.807, 2.05) is 0 Å². The van der Waals surface area contributed by atoms with Gasteiger partial charge in [-0.3, -0.25) is 4.79 Å². The van der Waals surface area contributed by atoms with Gasteiger partial charge in [-0.1, -0.05) is 0 Å². The smallest absolute Gasteiger partial charge is 0.251 e. The molecule has 0 bridgehead atoms. The Hall–Kier alpha value is -1.79. The topological polar surface area (TPSA) is 88.0 Å². The van der Waals surface area contributed by atoms with E-state index in [1.54, 1.807) is 6.92 Å². The quantitative estimate of drug-likeness (QED) is 0.678. The number of carbonyl (C=O) groups is 1. The first-order chi connectivity index (χ1) is 8.47. The van der Waals surface area contributed by atoms with Gasteiger partial charge in [-0.05, 0) is 19.1 Å². The van der Waals surface area contributed by atoms with Crippen molar-refractivity contribution in [2.75, 3.05) is 14.2 Å². The number of phenolic OH excluding ortho intramolecular Hbond substituents is 2. The first-order valence-corrected chi connectivity index (χ1v) is 5.37. The number of hydrogen-bond donors (Lipinski definition) is 3. The SMILES string of the molecule is COC(OC)C(C)NC(=O)c1cc(O)cc(O)c1. The zero-order valence-corrected chi connectivity index (χ0v) is 10.5. The molecule has 0 aromatic heterocycles. The number of ether oxygens (including phenoxy) is 2. The van der Waals surface area contributed by atoms with Gasteiger partial charge in [0.2, 0.25) is 0 Å². The lowest BCUT2D eigenvalue weighted by Gasteiger charge is -2.22. The molecule has 3 N–H and O–H groups in total. The molecule has 0 saturated carbocycles. The summed E-state index contributed by atoms with van der Waals surface area (Å²) in [6.45, 7) is 1.72. The van der Waals surface area contributed by atoms with Crippen LogP contribution in [-0.2, 0) is 9.47 Å². The molecule has 1 rings (SSSR count). The highest BCUT2D eigenvalue weighted by molar-refractivity contribution is 5.95. The maximum absolute atomic E-state index is 11.9. The van der Waals surface area contributed by atoms with Crippen molar-refractivity contribution in [1.29, 1.82) is 0 Å². The molecule has 0 aliphatic rings. The van der Waals surface area contributed by atoms with Crippen molar-refractivity contribution >= 4 is 5.91 Å². The van der Waals surface area contributed by atoms with Crippen LogP contribution in [-0.4, -0.2) is 42.7 Å². The van der Waals surface area contributed by atoms with Gasteiger partial charge in [0.1, 0.15) is 11.5 Å². The van der Waals surface area contributed by atoms with Crippen LogP contribution in [0.5, 0.6) is 11.5 Å². The predicted octanol–water partition coefficient (Wildman–Crippen LogP) is 0.835. The van der Waals surface area contributed by atoms with E-state index in [0.29, 0.717) is 0 Å². The third-order valence-electron chi connectivity index (χ3n) is 2.40. The summed E-state index contributed by atoms with van der Waals surface area (Å²) < 4.78 is 10.0. The van der Waals surface area contributed by atoms with Gasteiger partial charge in [0.25, 0.3) is 5.91 Å².